The lowest BCUT2D eigenvalue weighted by Crippen LogP contribution is -2.24. The molecule has 1 aromatic carbocycles. The first kappa shape index (κ1) is 24.0. The highest BCUT2D eigenvalue weighted by Crippen LogP contribution is 2.27. The van der Waals surface area contributed by atoms with Crippen molar-refractivity contribution in [3.8, 4) is 11.4 Å². The van der Waals surface area contributed by atoms with Crippen LogP contribution >= 0.6 is 0 Å². The summed E-state index contributed by atoms with van der Waals surface area (Å²) >= 11 is 0. The number of rotatable bonds is 6. The van der Waals surface area contributed by atoms with E-state index in [-0.39, 0.29) is 0 Å². The predicted octanol–water partition coefficient (Wildman–Crippen LogP) is 4.65. The molecule has 3 heterocycles. The third-order valence-corrected chi connectivity index (χ3v) is 5.78. The summed E-state index contributed by atoms with van der Waals surface area (Å²) in [7, 11) is 3.83. The van der Waals surface area contributed by atoms with Gasteiger partial charge in [-0.15, -0.1) is 0 Å². The van der Waals surface area contributed by atoms with Crippen molar-refractivity contribution in [2.75, 3.05) is 27.2 Å². The lowest BCUT2D eigenvalue weighted by atomic mass is 10.0. The second kappa shape index (κ2) is 10.7. The fourth-order valence-electron chi connectivity index (χ4n) is 3.92. The molecule has 4 rings (SSSR count). The Morgan fingerprint density at radius 3 is 2.34 bits per heavy atom. The van der Waals surface area contributed by atoms with Gasteiger partial charge < -0.3 is 14.7 Å². The van der Waals surface area contributed by atoms with Crippen molar-refractivity contribution in [3.63, 3.8) is 0 Å². The highest BCUT2D eigenvalue weighted by molar-refractivity contribution is 5.86. The molecular formula is C26H35N3O3. The fraction of sp³-hybridized carbons (Fsp3) is 0.462. The van der Waals surface area contributed by atoms with Gasteiger partial charge in [0.15, 0.2) is 6.29 Å². The number of hydrogen-bond acceptors (Lipinski definition) is 5. The predicted molar refractivity (Wildman–Crippen MR) is 129 cm³/mol. The Morgan fingerprint density at radius 2 is 1.81 bits per heavy atom. The lowest BCUT2D eigenvalue weighted by Gasteiger charge is -2.20. The SMILES string of the molecule is CN1CCCCC1.COc1ccc(-n2c(CCC(C)(C)O)cc3cc(C=O)cnc32)cc1. The van der Waals surface area contributed by atoms with Crippen LogP contribution in [0, 0.1) is 0 Å². The van der Waals surface area contributed by atoms with E-state index >= 15 is 0 Å². The third-order valence-electron chi connectivity index (χ3n) is 5.78. The molecule has 172 valence electrons. The second-order valence-electron chi connectivity index (χ2n) is 9.14. The number of carbonyl (C=O) groups is 1. The Balaban J connectivity index is 0.000000352. The van der Waals surface area contributed by atoms with Crippen LogP contribution in [-0.2, 0) is 6.42 Å². The standard InChI is InChI=1S/C20H22N2O3.C6H13N/c1-20(2,24)9-8-17-11-15-10-14(13-23)12-21-19(15)22(17)16-4-6-18(25-3)7-5-16;1-7-5-3-2-4-6-7/h4-7,10-13,24H,8-9H2,1-3H3;2-6H2,1H3. The highest BCUT2D eigenvalue weighted by atomic mass is 16.5. The minimum absolute atomic E-state index is 0.549. The Kier molecular flexibility index (Phi) is 8.04. The number of methoxy groups -OCH3 is 1. The number of pyridine rings is 1. The first-order valence-electron chi connectivity index (χ1n) is 11.3. The minimum atomic E-state index is -0.747. The van der Waals surface area contributed by atoms with E-state index in [1.54, 1.807) is 27.2 Å². The molecular weight excluding hydrogens is 402 g/mol. The van der Waals surface area contributed by atoms with E-state index in [0.717, 1.165) is 34.5 Å². The molecule has 0 spiro atoms. The molecule has 1 N–H and O–H groups in total. The van der Waals surface area contributed by atoms with E-state index in [1.807, 2.05) is 36.4 Å². The molecule has 1 aliphatic heterocycles. The Hall–Kier alpha value is -2.70. The number of fused-ring (bicyclic) bond motifs is 1. The summed E-state index contributed by atoms with van der Waals surface area (Å²) in [4.78, 5) is 17.9. The molecule has 32 heavy (non-hydrogen) atoms. The lowest BCUT2D eigenvalue weighted by molar-refractivity contribution is 0.0710. The van der Waals surface area contributed by atoms with Gasteiger partial charge in [-0.2, -0.15) is 0 Å². The number of piperidine rings is 1. The number of aldehydes is 1. The van der Waals surface area contributed by atoms with Crippen LogP contribution < -0.4 is 4.74 Å². The summed E-state index contributed by atoms with van der Waals surface area (Å²) in [5, 5.41) is 11.0. The Morgan fingerprint density at radius 1 is 1.12 bits per heavy atom. The Bertz CT molecular complexity index is 1010. The first-order chi connectivity index (χ1) is 15.3. The molecule has 1 saturated heterocycles. The summed E-state index contributed by atoms with van der Waals surface area (Å²) in [6, 6.07) is 11.6. The van der Waals surface area contributed by atoms with Gasteiger partial charge in [0.25, 0.3) is 0 Å². The topological polar surface area (TPSA) is 67.6 Å². The normalized spacial score (nSPS) is 14.7. The van der Waals surface area contributed by atoms with Crippen molar-refractivity contribution < 1.29 is 14.6 Å². The molecule has 0 atom stereocenters. The molecule has 0 bridgehead atoms. The van der Waals surface area contributed by atoms with Gasteiger partial charge in [-0.25, -0.2) is 4.98 Å². The molecule has 0 aliphatic carbocycles. The summed E-state index contributed by atoms with van der Waals surface area (Å²) in [5.74, 6) is 0.787. The van der Waals surface area contributed by atoms with Crippen molar-refractivity contribution in [1.29, 1.82) is 0 Å². The maximum absolute atomic E-state index is 11.0. The van der Waals surface area contributed by atoms with Gasteiger partial charge in [0.1, 0.15) is 11.4 Å². The maximum atomic E-state index is 11.0. The molecule has 0 amide bonds. The number of ether oxygens (including phenoxy) is 1. The number of aromatic nitrogens is 2. The third kappa shape index (κ3) is 6.40. The Labute approximate surface area is 190 Å². The number of nitrogens with zero attached hydrogens (tertiary/aromatic N) is 3. The molecule has 6 nitrogen and oxygen atoms in total. The van der Waals surface area contributed by atoms with Gasteiger partial charge in [-0.3, -0.25) is 9.36 Å². The smallest absolute Gasteiger partial charge is 0.151 e. The van der Waals surface area contributed by atoms with Crippen LogP contribution in [0.15, 0.2) is 42.6 Å². The summed E-state index contributed by atoms with van der Waals surface area (Å²) in [6.07, 6.45) is 7.97. The van der Waals surface area contributed by atoms with Gasteiger partial charge in [-0.05, 0) is 96.1 Å². The van der Waals surface area contributed by atoms with Gasteiger partial charge in [0, 0.05) is 28.5 Å². The summed E-state index contributed by atoms with van der Waals surface area (Å²) in [5.41, 5.74) is 2.60. The minimum Gasteiger partial charge on any atom is -0.497 e. The molecule has 0 saturated carbocycles. The number of aryl methyl sites for hydroxylation is 1. The quantitative estimate of drug-likeness (QED) is 0.569. The second-order valence-corrected chi connectivity index (χ2v) is 9.14. The van der Waals surface area contributed by atoms with E-state index in [2.05, 4.69) is 21.5 Å². The van der Waals surface area contributed by atoms with Crippen molar-refractivity contribution >= 4 is 17.3 Å². The molecule has 2 aromatic heterocycles. The van der Waals surface area contributed by atoms with Crippen LogP contribution in [0.1, 0.15) is 55.6 Å². The van der Waals surface area contributed by atoms with Gasteiger partial charge in [-0.1, -0.05) is 6.42 Å². The van der Waals surface area contributed by atoms with Crippen LogP contribution in [0.5, 0.6) is 5.75 Å². The number of carbonyl (C=O) groups excluding carboxylic acids is 1. The molecule has 1 aliphatic rings. The molecule has 1 fully saturated rings. The maximum Gasteiger partial charge on any atom is 0.151 e. The molecule has 0 radical (unpaired) electrons. The van der Waals surface area contributed by atoms with Crippen molar-refractivity contribution in [2.45, 2.75) is 51.6 Å². The number of benzene rings is 1. The van der Waals surface area contributed by atoms with Crippen molar-refractivity contribution in [2.24, 2.45) is 0 Å². The number of likely N-dealkylation sites (tertiary alicyclic amines) is 1. The van der Waals surface area contributed by atoms with Crippen molar-refractivity contribution in [3.05, 3.63) is 53.9 Å². The van der Waals surface area contributed by atoms with Gasteiger partial charge >= 0.3 is 0 Å². The van der Waals surface area contributed by atoms with Crippen LogP contribution in [0.25, 0.3) is 16.7 Å². The average molecular weight is 438 g/mol. The van der Waals surface area contributed by atoms with Crippen LogP contribution in [0.3, 0.4) is 0 Å². The highest BCUT2D eigenvalue weighted by Gasteiger charge is 2.17. The molecule has 6 heteroatoms. The fourth-order valence-corrected chi connectivity index (χ4v) is 3.92. The van der Waals surface area contributed by atoms with Crippen LogP contribution in [0.2, 0.25) is 0 Å². The van der Waals surface area contributed by atoms with Crippen LogP contribution in [-0.4, -0.2) is 58.7 Å². The summed E-state index contributed by atoms with van der Waals surface area (Å²) in [6.45, 7) is 6.24. The zero-order valence-corrected chi connectivity index (χ0v) is 19.7. The molecule has 0 unspecified atom stereocenters. The van der Waals surface area contributed by atoms with E-state index in [0.29, 0.717) is 18.4 Å². The van der Waals surface area contributed by atoms with E-state index in [9.17, 15) is 9.90 Å². The zero-order valence-electron chi connectivity index (χ0n) is 19.7. The van der Waals surface area contributed by atoms with Crippen LogP contribution in [0.4, 0.5) is 0 Å². The average Bonchev–Trinajstić information content (AvgIpc) is 3.16. The van der Waals surface area contributed by atoms with E-state index < -0.39 is 5.60 Å². The van der Waals surface area contributed by atoms with Gasteiger partial charge in [0.2, 0.25) is 0 Å². The monoisotopic (exact) mass is 437 g/mol. The summed E-state index contributed by atoms with van der Waals surface area (Å²) < 4.78 is 7.29. The van der Waals surface area contributed by atoms with Crippen molar-refractivity contribution in [1.82, 2.24) is 14.5 Å². The largest absolute Gasteiger partial charge is 0.497 e. The first-order valence-corrected chi connectivity index (χ1v) is 11.3. The molecule has 3 aromatic rings. The zero-order chi connectivity index (χ0) is 23.1. The van der Waals surface area contributed by atoms with E-state index in [1.165, 1.54) is 32.4 Å². The number of aliphatic hydroxyl groups is 1. The number of hydrogen-bond donors (Lipinski definition) is 1. The van der Waals surface area contributed by atoms with E-state index in [4.69, 9.17) is 4.74 Å². The van der Waals surface area contributed by atoms with Gasteiger partial charge in [0.05, 0.1) is 12.7 Å².